The summed E-state index contributed by atoms with van der Waals surface area (Å²) < 4.78 is 7.61. The molecule has 0 aliphatic carbocycles. The van der Waals surface area contributed by atoms with E-state index in [9.17, 15) is 0 Å². The molecule has 0 saturated carbocycles. The molecule has 0 atom stereocenters. The molecule has 9 heteroatoms. The van der Waals surface area contributed by atoms with Crippen molar-refractivity contribution in [2.45, 2.75) is 27.7 Å². The molecule has 0 unspecified atom stereocenters. The van der Waals surface area contributed by atoms with Crippen molar-refractivity contribution in [3.63, 3.8) is 0 Å². The minimum atomic E-state index is 0.623. The molecule has 0 aliphatic heterocycles. The Morgan fingerprint density at radius 3 is 2.28 bits per heavy atom. The van der Waals surface area contributed by atoms with Crippen LogP contribution in [0.1, 0.15) is 22.8 Å². The van der Waals surface area contributed by atoms with Crippen molar-refractivity contribution in [3.05, 3.63) is 59.6 Å². The highest BCUT2D eigenvalue weighted by atomic mass is 16.5. The van der Waals surface area contributed by atoms with Gasteiger partial charge in [0.1, 0.15) is 35.4 Å². The second-order valence-electron chi connectivity index (χ2n) is 7.57. The van der Waals surface area contributed by atoms with Crippen molar-refractivity contribution in [2.75, 3.05) is 17.7 Å². The SMILES string of the molecule is COc1c(Nc2cc(Nc3cc(C)nc(C)n3)ncn2)ccc(-c2cnn(C)c2C)c1C. The number of anilines is 4. The summed E-state index contributed by atoms with van der Waals surface area (Å²) in [7, 11) is 3.60. The Hall–Kier alpha value is -4.01. The van der Waals surface area contributed by atoms with Crippen LogP contribution in [0, 0.1) is 27.7 Å². The predicted molar refractivity (Wildman–Crippen MR) is 125 cm³/mol. The first-order valence-electron chi connectivity index (χ1n) is 10.2. The van der Waals surface area contributed by atoms with E-state index in [0.717, 1.165) is 39.5 Å². The fourth-order valence-electron chi connectivity index (χ4n) is 3.65. The molecule has 4 rings (SSSR count). The Morgan fingerprint density at radius 1 is 0.875 bits per heavy atom. The number of methoxy groups -OCH3 is 1. The molecule has 0 amide bonds. The van der Waals surface area contributed by atoms with Crippen LogP contribution in [0.25, 0.3) is 11.1 Å². The number of rotatable bonds is 6. The molecule has 1 aromatic carbocycles. The second kappa shape index (κ2) is 8.62. The van der Waals surface area contributed by atoms with E-state index in [1.54, 1.807) is 7.11 Å². The normalized spacial score (nSPS) is 10.8. The lowest BCUT2D eigenvalue weighted by Crippen LogP contribution is -2.03. The minimum Gasteiger partial charge on any atom is -0.494 e. The Kier molecular flexibility index (Phi) is 5.72. The maximum Gasteiger partial charge on any atom is 0.145 e. The number of nitrogens with one attached hydrogen (secondary N) is 2. The summed E-state index contributed by atoms with van der Waals surface area (Å²) in [5.74, 6) is 3.39. The third-order valence-corrected chi connectivity index (χ3v) is 5.29. The average molecular weight is 431 g/mol. The molecule has 9 nitrogen and oxygen atoms in total. The Labute approximate surface area is 186 Å². The van der Waals surface area contributed by atoms with Crippen molar-refractivity contribution in [1.82, 2.24) is 29.7 Å². The highest BCUT2D eigenvalue weighted by Crippen LogP contribution is 2.38. The molecule has 4 aromatic rings. The van der Waals surface area contributed by atoms with Crippen molar-refractivity contribution in [2.24, 2.45) is 7.05 Å². The minimum absolute atomic E-state index is 0.623. The van der Waals surface area contributed by atoms with Gasteiger partial charge in [0.15, 0.2) is 0 Å². The van der Waals surface area contributed by atoms with Crippen molar-refractivity contribution in [3.8, 4) is 16.9 Å². The summed E-state index contributed by atoms with van der Waals surface area (Å²) in [6, 6.07) is 7.74. The summed E-state index contributed by atoms with van der Waals surface area (Å²) in [5, 5.41) is 10.9. The number of hydrogen-bond donors (Lipinski definition) is 2. The van der Waals surface area contributed by atoms with Gasteiger partial charge in [-0.25, -0.2) is 19.9 Å². The monoisotopic (exact) mass is 430 g/mol. The Morgan fingerprint density at radius 2 is 1.62 bits per heavy atom. The quantitative estimate of drug-likeness (QED) is 0.464. The lowest BCUT2D eigenvalue weighted by atomic mass is 9.99. The van der Waals surface area contributed by atoms with E-state index in [4.69, 9.17) is 4.74 Å². The number of aromatic nitrogens is 6. The second-order valence-corrected chi connectivity index (χ2v) is 7.57. The topological polar surface area (TPSA) is 103 Å². The van der Waals surface area contributed by atoms with Gasteiger partial charge >= 0.3 is 0 Å². The molecule has 0 aliphatic rings. The molecular formula is C23H26N8O. The lowest BCUT2D eigenvalue weighted by molar-refractivity contribution is 0.414. The van der Waals surface area contributed by atoms with Crippen LogP contribution in [0.15, 0.2) is 36.8 Å². The number of hydrogen-bond acceptors (Lipinski definition) is 8. The van der Waals surface area contributed by atoms with Crippen molar-refractivity contribution in [1.29, 1.82) is 0 Å². The molecule has 3 heterocycles. The molecule has 164 valence electrons. The Bertz CT molecular complexity index is 1260. The van der Waals surface area contributed by atoms with Gasteiger partial charge in [0.2, 0.25) is 0 Å². The first-order valence-corrected chi connectivity index (χ1v) is 10.2. The van der Waals surface area contributed by atoms with Crippen LogP contribution in [0.2, 0.25) is 0 Å². The van der Waals surface area contributed by atoms with Crippen LogP contribution in [0.4, 0.5) is 23.1 Å². The molecule has 2 N–H and O–H groups in total. The van der Waals surface area contributed by atoms with Crippen molar-refractivity contribution < 1.29 is 4.74 Å². The third-order valence-electron chi connectivity index (χ3n) is 5.29. The number of benzene rings is 1. The predicted octanol–water partition coefficient (Wildman–Crippen LogP) is 4.40. The van der Waals surface area contributed by atoms with Gasteiger partial charge in [-0.1, -0.05) is 6.07 Å². The zero-order valence-corrected chi connectivity index (χ0v) is 19.1. The van der Waals surface area contributed by atoms with E-state index in [0.29, 0.717) is 23.3 Å². The fourth-order valence-corrected chi connectivity index (χ4v) is 3.65. The number of nitrogens with zero attached hydrogens (tertiary/aromatic N) is 6. The number of ether oxygens (including phenoxy) is 1. The van der Waals surface area contributed by atoms with Gasteiger partial charge in [-0.15, -0.1) is 0 Å². The van der Waals surface area contributed by atoms with E-state index in [2.05, 4.69) is 48.7 Å². The van der Waals surface area contributed by atoms with E-state index in [1.165, 1.54) is 6.33 Å². The van der Waals surface area contributed by atoms with E-state index in [-0.39, 0.29) is 0 Å². The van der Waals surface area contributed by atoms with E-state index >= 15 is 0 Å². The van der Waals surface area contributed by atoms with Crippen LogP contribution in [0.5, 0.6) is 5.75 Å². The zero-order valence-electron chi connectivity index (χ0n) is 19.1. The van der Waals surface area contributed by atoms with Gasteiger partial charge in [-0.2, -0.15) is 5.10 Å². The average Bonchev–Trinajstić information content (AvgIpc) is 3.06. The Balaban J connectivity index is 1.62. The zero-order chi connectivity index (χ0) is 22.8. The van der Waals surface area contributed by atoms with Crippen molar-refractivity contribution >= 4 is 23.1 Å². The lowest BCUT2D eigenvalue weighted by Gasteiger charge is -2.16. The van der Waals surface area contributed by atoms with Crippen LogP contribution < -0.4 is 15.4 Å². The first-order chi connectivity index (χ1) is 15.4. The summed E-state index contributed by atoms with van der Waals surface area (Å²) in [6.07, 6.45) is 3.38. The first kappa shape index (κ1) is 21.2. The maximum absolute atomic E-state index is 5.74. The smallest absolute Gasteiger partial charge is 0.145 e. The van der Waals surface area contributed by atoms with Crippen LogP contribution in [-0.4, -0.2) is 36.8 Å². The van der Waals surface area contributed by atoms with Gasteiger partial charge < -0.3 is 15.4 Å². The molecule has 0 bridgehead atoms. The number of aryl methyl sites for hydroxylation is 3. The standard InChI is InChI=1S/C23H26N8O/c1-13-9-22(28-16(4)27-13)30-21-10-20(24-12-25-21)29-19-8-7-17(14(2)23(19)32-6)18-11-26-31(5)15(18)3/h7-12H,1-6H3,(H2,24,25,27,28,29,30). The fraction of sp³-hybridized carbons (Fsp3) is 0.261. The molecule has 0 saturated heterocycles. The molecular weight excluding hydrogens is 404 g/mol. The van der Waals surface area contributed by atoms with Gasteiger partial charge in [-0.05, 0) is 39.3 Å². The van der Waals surface area contributed by atoms with Gasteiger partial charge in [0.25, 0.3) is 0 Å². The van der Waals surface area contributed by atoms with E-state index < -0.39 is 0 Å². The van der Waals surface area contributed by atoms with E-state index in [1.807, 2.05) is 56.9 Å². The summed E-state index contributed by atoms with van der Waals surface area (Å²) in [5.41, 5.74) is 5.98. The molecule has 32 heavy (non-hydrogen) atoms. The van der Waals surface area contributed by atoms with Crippen LogP contribution >= 0.6 is 0 Å². The highest BCUT2D eigenvalue weighted by molar-refractivity contribution is 5.78. The summed E-state index contributed by atoms with van der Waals surface area (Å²) in [4.78, 5) is 17.3. The molecule has 0 radical (unpaired) electrons. The third kappa shape index (κ3) is 4.22. The van der Waals surface area contributed by atoms with Crippen LogP contribution in [0.3, 0.4) is 0 Å². The summed E-state index contributed by atoms with van der Waals surface area (Å²) >= 11 is 0. The largest absolute Gasteiger partial charge is 0.494 e. The van der Waals surface area contributed by atoms with Crippen LogP contribution in [-0.2, 0) is 7.05 Å². The maximum atomic E-state index is 5.74. The van der Waals surface area contributed by atoms with Gasteiger partial charge in [0, 0.05) is 41.7 Å². The molecule has 3 aromatic heterocycles. The molecule has 0 fully saturated rings. The van der Waals surface area contributed by atoms with Gasteiger partial charge in [-0.3, -0.25) is 4.68 Å². The highest BCUT2D eigenvalue weighted by Gasteiger charge is 2.16. The molecule has 0 spiro atoms. The summed E-state index contributed by atoms with van der Waals surface area (Å²) in [6.45, 7) is 7.88. The van der Waals surface area contributed by atoms with Gasteiger partial charge in [0.05, 0.1) is 19.0 Å².